The van der Waals surface area contributed by atoms with Crippen molar-refractivity contribution in [1.82, 2.24) is 4.98 Å². The molecule has 0 aliphatic rings. The van der Waals surface area contributed by atoms with Crippen molar-refractivity contribution in [2.75, 3.05) is 5.73 Å². The van der Waals surface area contributed by atoms with Gasteiger partial charge in [-0.3, -0.25) is 9.59 Å². The lowest BCUT2D eigenvalue weighted by Gasteiger charge is -2.17. The minimum absolute atomic E-state index is 0.211. The smallest absolute Gasteiger partial charge is 0.342 e. The van der Waals surface area contributed by atoms with Crippen LogP contribution in [0.5, 0.6) is 5.75 Å². The number of nitrogens with one attached hydrogen (secondary N) is 1. The van der Waals surface area contributed by atoms with E-state index < -0.39 is 40.4 Å². The minimum atomic E-state index is -1.59. The third-order valence-corrected chi connectivity index (χ3v) is 3.69. The fourth-order valence-corrected chi connectivity index (χ4v) is 2.84. The molecule has 0 bridgehead atoms. The van der Waals surface area contributed by atoms with Crippen molar-refractivity contribution in [1.29, 1.82) is 0 Å². The number of carbonyl (C=O) groups is 3. The number of anilines is 1. The Hall–Kier alpha value is -3.62. The number of benzene rings is 1. The Morgan fingerprint density at radius 1 is 1.00 bits per heavy atom. The van der Waals surface area contributed by atoms with Gasteiger partial charge in [-0.2, -0.15) is 0 Å². The SMILES string of the molecule is CC(=O)Oc1cc(C)c(-c2c(C(=O)O)c(N)[nH]c(=O)c2C(=O)O)c(C)c1. The standard InChI is InChI=1S/C17H16N2O7/c1-6-4-9(26-8(3)20)5-7(2)10(6)11-12(16(22)23)14(18)19-15(21)13(11)17(24)25/h4-5H,1-3H3,(H,22,23)(H,24,25)(H3,18,19,21). The predicted molar refractivity (Wildman–Crippen MR) is 91.6 cm³/mol. The normalized spacial score (nSPS) is 10.4. The number of nitrogen functional groups attached to an aromatic ring is 1. The number of ether oxygens (including phenoxy) is 1. The van der Waals surface area contributed by atoms with Gasteiger partial charge in [0.1, 0.15) is 22.7 Å². The second-order valence-electron chi connectivity index (χ2n) is 5.63. The second kappa shape index (κ2) is 6.71. The van der Waals surface area contributed by atoms with Gasteiger partial charge in [-0.25, -0.2) is 9.59 Å². The first kappa shape index (κ1) is 18.7. The largest absolute Gasteiger partial charge is 0.478 e. The number of pyridine rings is 1. The molecule has 1 heterocycles. The highest BCUT2D eigenvalue weighted by atomic mass is 16.5. The Balaban J connectivity index is 2.96. The lowest BCUT2D eigenvalue weighted by molar-refractivity contribution is -0.131. The molecular weight excluding hydrogens is 344 g/mol. The maximum Gasteiger partial charge on any atom is 0.342 e. The molecule has 26 heavy (non-hydrogen) atoms. The molecule has 1 aromatic carbocycles. The number of carboxylic acids is 2. The van der Waals surface area contributed by atoms with Crippen LogP contribution in [0.2, 0.25) is 0 Å². The summed E-state index contributed by atoms with van der Waals surface area (Å²) < 4.78 is 5.01. The van der Waals surface area contributed by atoms with Crippen LogP contribution in [0.25, 0.3) is 11.1 Å². The Labute approximate surface area is 147 Å². The molecule has 0 radical (unpaired) electrons. The molecule has 0 atom stereocenters. The quantitative estimate of drug-likeness (QED) is 0.472. The van der Waals surface area contributed by atoms with Gasteiger partial charge in [0.25, 0.3) is 5.56 Å². The fourth-order valence-electron chi connectivity index (χ4n) is 2.84. The zero-order chi connectivity index (χ0) is 19.8. The van der Waals surface area contributed by atoms with Gasteiger partial charge in [0.15, 0.2) is 0 Å². The maximum atomic E-state index is 12.1. The van der Waals surface area contributed by atoms with E-state index in [0.29, 0.717) is 11.1 Å². The lowest BCUT2D eigenvalue weighted by Crippen LogP contribution is -2.24. The number of aromatic nitrogens is 1. The van der Waals surface area contributed by atoms with E-state index >= 15 is 0 Å². The number of hydrogen-bond donors (Lipinski definition) is 4. The molecule has 0 saturated heterocycles. The van der Waals surface area contributed by atoms with E-state index in [2.05, 4.69) is 0 Å². The van der Waals surface area contributed by atoms with Crippen molar-refractivity contribution in [3.63, 3.8) is 0 Å². The number of esters is 1. The van der Waals surface area contributed by atoms with Gasteiger partial charge < -0.3 is 25.7 Å². The van der Waals surface area contributed by atoms with Crippen LogP contribution in [0.1, 0.15) is 38.8 Å². The van der Waals surface area contributed by atoms with Crippen LogP contribution in [-0.4, -0.2) is 33.1 Å². The van der Waals surface area contributed by atoms with Crippen molar-refractivity contribution in [3.05, 3.63) is 44.7 Å². The summed E-state index contributed by atoms with van der Waals surface area (Å²) in [5.74, 6) is -3.87. The first-order chi connectivity index (χ1) is 12.0. The Morgan fingerprint density at radius 2 is 1.50 bits per heavy atom. The molecule has 0 saturated carbocycles. The predicted octanol–water partition coefficient (Wildman–Crippen LogP) is 1.56. The fraction of sp³-hybridized carbons (Fsp3) is 0.176. The van der Waals surface area contributed by atoms with Gasteiger partial charge in [-0.05, 0) is 42.7 Å². The van der Waals surface area contributed by atoms with E-state index in [1.165, 1.54) is 19.1 Å². The van der Waals surface area contributed by atoms with Gasteiger partial charge in [-0.15, -0.1) is 0 Å². The molecule has 9 nitrogen and oxygen atoms in total. The van der Waals surface area contributed by atoms with Crippen LogP contribution < -0.4 is 16.0 Å². The number of aryl methyl sites for hydroxylation is 2. The molecular formula is C17H16N2O7. The van der Waals surface area contributed by atoms with Crippen LogP contribution in [0.15, 0.2) is 16.9 Å². The average molecular weight is 360 g/mol. The number of carboxylic acid groups (broad SMARTS) is 2. The number of rotatable bonds is 4. The average Bonchev–Trinajstić information content (AvgIpc) is 2.43. The number of nitrogens with two attached hydrogens (primary N) is 1. The van der Waals surface area contributed by atoms with Crippen molar-refractivity contribution in [2.45, 2.75) is 20.8 Å². The molecule has 136 valence electrons. The van der Waals surface area contributed by atoms with E-state index in [1.807, 2.05) is 4.98 Å². The Kier molecular flexibility index (Phi) is 4.83. The van der Waals surface area contributed by atoms with Crippen molar-refractivity contribution in [2.24, 2.45) is 0 Å². The second-order valence-corrected chi connectivity index (χ2v) is 5.63. The highest BCUT2D eigenvalue weighted by molar-refractivity contribution is 6.08. The molecule has 2 aromatic rings. The summed E-state index contributed by atoms with van der Waals surface area (Å²) in [7, 11) is 0. The summed E-state index contributed by atoms with van der Waals surface area (Å²) in [6.07, 6.45) is 0. The molecule has 0 aliphatic heterocycles. The summed E-state index contributed by atoms with van der Waals surface area (Å²) in [4.78, 5) is 48.6. The molecule has 0 amide bonds. The summed E-state index contributed by atoms with van der Waals surface area (Å²) >= 11 is 0. The summed E-state index contributed by atoms with van der Waals surface area (Å²) in [6.45, 7) is 4.37. The number of aromatic amines is 1. The molecule has 9 heteroatoms. The Bertz CT molecular complexity index is 982. The molecule has 0 spiro atoms. The van der Waals surface area contributed by atoms with E-state index in [0.717, 1.165) is 0 Å². The highest BCUT2D eigenvalue weighted by Gasteiger charge is 2.28. The van der Waals surface area contributed by atoms with Gasteiger partial charge in [0.05, 0.1) is 0 Å². The number of aromatic carboxylic acids is 2. The van der Waals surface area contributed by atoms with Gasteiger partial charge in [0.2, 0.25) is 0 Å². The van der Waals surface area contributed by atoms with Crippen LogP contribution in [0.4, 0.5) is 5.82 Å². The number of hydrogen-bond acceptors (Lipinski definition) is 6. The van der Waals surface area contributed by atoms with Crippen LogP contribution >= 0.6 is 0 Å². The van der Waals surface area contributed by atoms with E-state index in [1.54, 1.807) is 13.8 Å². The van der Waals surface area contributed by atoms with Crippen LogP contribution in [-0.2, 0) is 4.79 Å². The highest BCUT2D eigenvalue weighted by Crippen LogP contribution is 2.36. The summed E-state index contributed by atoms with van der Waals surface area (Å²) in [6, 6.07) is 2.89. The third kappa shape index (κ3) is 3.27. The Morgan fingerprint density at radius 3 is 1.92 bits per heavy atom. The molecule has 0 fully saturated rings. The lowest BCUT2D eigenvalue weighted by atomic mass is 9.89. The summed E-state index contributed by atoms with van der Waals surface area (Å²) in [5, 5.41) is 18.9. The minimum Gasteiger partial charge on any atom is -0.478 e. The number of carbonyl (C=O) groups excluding carboxylic acids is 1. The molecule has 0 aliphatic carbocycles. The molecule has 2 rings (SSSR count). The van der Waals surface area contributed by atoms with E-state index in [4.69, 9.17) is 10.5 Å². The molecule has 5 N–H and O–H groups in total. The van der Waals surface area contributed by atoms with Crippen LogP contribution in [0.3, 0.4) is 0 Å². The zero-order valence-corrected chi connectivity index (χ0v) is 14.2. The maximum absolute atomic E-state index is 12.1. The van der Waals surface area contributed by atoms with Crippen molar-refractivity contribution < 1.29 is 29.3 Å². The van der Waals surface area contributed by atoms with E-state index in [9.17, 15) is 29.4 Å². The van der Waals surface area contributed by atoms with Gasteiger partial charge in [0, 0.05) is 12.5 Å². The van der Waals surface area contributed by atoms with Crippen molar-refractivity contribution in [3.8, 4) is 16.9 Å². The number of H-pyrrole nitrogens is 1. The monoisotopic (exact) mass is 360 g/mol. The summed E-state index contributed by atoms with van der Waals surface area (Å²) in [5.41, 5.74) is 4.10. The molecule has 1 aromatic heterocycles. The molecule has 0 unspecified atom stereocenters. The van der Waals surface area contributed by atoms with Crippen molar-refractivity contribution >= 4 is 23.7 Å². The third-order valence-electron chi connectivity index (χ3n) is 3.69. The van der Waals surface area contributed by atoms with Crippen LogP contribution in [0, 0.1) is 13.8 Å². The first-order valence-corrected chi connectivity index (χ1v) is 7.37. The van der Waals surface area contributed by atoms with E-state index in [-0.39, 0.29) is 16.9 Å². The zero-order valence-electron chi connectivity index (χ0n) is 14.2. The first-order valence-electron chi connectivity index (χ1n) is 7.37. The topological polar surface area (TPSA) is 160 Å². The van der Waals surface area contributed by atoms with Gasteiger partial charge in [-0.1, -0.05) is 0 Å². The van der Waals surface area contributed by atoms with Gasteiger partial charge >= 0.3 is 17.9 Å².